The second-order valence-electron chi connectivity index (χ2n) is 5.98. The van der Waals surface area contributed by atoms with Crippen molar-refractivity contribution in [2.75, 3.05) is 19.3 Å². The molecule has 2 aromatic rings. The number of ether oxygens (including phenoxy) is 1. The van der Waals surface area contributed by atoms with Crippen molar-refractivity contribution in [1.82, 2.24) is 9.62 Å². The lowest BCUT2D eigenvalue weighted by Crippen LogP contribution is -2.40. The number of para-hydroxylation sites is 2. The normalized spacial score (nSPS) is 18.0. The van der Waals surface area contributed by atoms with E-state index in [4.69, 9.17) is 4.74 Å². The lowest BCUT2D eigenvalue weighted by atomic mass is 10.1. The number of rotatable bonds is 6. The highest BCUT2D eigenvalue weighted by Crippen LogP contribution is 2.28. The summed E-state index contributed by atoms with van der Waals surface area (Å²) in [5, 5.41) is 3.23. The van der Waals surface area contributed by atoms with E-state index in [1.54, 1.807) is 4.31 Å². The molecule has 6 heteroatoms. The van der Waals surface area contributed by atoms with Crippen LogP contribution in [0.3, 0.4) is 0 Å². The second-order valence-corrected chi connectivity index (χ2v) is 7.91. The molecule has 0 aliphatic carbocycles. The summed E-state index contributed by atoms with van der Waals surface area (Å²) in [4.78, 5) is 0. The van der Waals surface area contributed by atoms with Crippen molar-refractivity contribution in [2.45, 2.75) is 19.0 Å². The summed E-state index contributed by atoms with van der Waals surface area (Å²) in [6.07, 6.45) is 2.10. The fraction of sp³-hybridized carbons (Fsp3) is 0.333. The van der Waals surface area contributed by atoms with Crippen LogP contribution in [0.5, 0.6) is 11.5 Å². The smallest absolute Gasteiger partial charge is 0.211 e. The first-order valence-electron chi connectivity index (χ1n) is 8.02. The lowest BCUT2D eigenvalue weighted by molar-refractivity contribution is 0.327. The Labute approximate surface area is 143 Å². The van der Waals surface area contributed by atoms with Gasteiger partial charge in [-0.15, -0.1) is 0 Å². The first-order valence-corrected chi connectivity index (χ1v) is 9.87. The minimum atomic E-state index is -3.30. The molecule has 1 aliphatic heterocycles. The van der Waals surface area contributed by atoms with Gasteiger partial charge in [-0.25, -0.2) is 8.42 Å². The molecular weight excluding hydrogens is 324 g/mol. The molecule has 0 spiro atoms. The van der Waals surface area contributed by atoms with Gasteiger partial charge in [-0.05, 0) is 31.2 Å². The van der Waals surface area contributed by atoms with E-state index < -0.39 is 10.0 Å². The van der Waals surface area contributed by atoms with Crippen LogP contribution >= 0.6 is 0 Å². The Balaban J connectivity index is 1.85. The van der Waals surface area contributed by atoms with Crippen molar-refractivity contribution in [3.63, 3.8) is 0 Å². The number of nitrogens with one attached hydrogen (secondary N) is 1. The van der Waals surface area contributed by atoms with Crippen LogP contribution in [0.1, 0.15) is 12.0 Å². The Morgan fingerprint density at radius 3 is 2.50 bits per heavy atom. The fourth-order valence-corrected chi connectivity index (χ4v) is 4.01. The maximum Gasteiger partial charge on any atom is 0.211 e. The topological polar surface area (TPSA) is 58.6 Å². The number of sulfonamides is 1. The molecule has 0 aromatic heterocycles. The Morgan fingerprint density at radius 1 is 1.12 bits per heavy atom. The highest BCUT2D eigenvalue weighted by Gasteiger charge is 2.29. The molecule has 0 unspecified atom stereocenters. The molecule has 0 radical (unpaired) electrons. The molecule has 1 heterocycles. The van der Waals surface area contributed by atoms with Crippen molar-refractivity contribution < 1.29 is 13.2 Å². The third kappa shape index (κ3) is 4.14. The highest BCUT2D eigenvalue weighted by molar-refractivity contribution is 7.88. The number of benzene rings is 2. The SMILES string of the molecule is CS(=O)(=O)N(Cc1ccccc1Oc1ccccc1)[C@H]1CCNC1. The van der Waals surface area contributed by atoms with Crippen LogP contribution < -0.4 is 10.1 Å². The standard InChI is InChI=1S/C18H22N2O3S/c1-24(21,22)20(16-11-12-19-13-16)14-15-7-5-6-10-18(15)23-17-8-3-2-4-9-17/h2-10,16,19H,11-14H2,1H3/t16-/m0/s1. The fourth-order valence-electron chi connectivity index (χ4n) is 2.92. The summed E-state index contributed by atoms with van der Waals surface area (Å²) in [6, 6.07) is 17.1. The second kappa shape index (κ2) is 7.34. The molecule has 24 heavy (non-hydrogen) atoms. The van der Waals surface area contributed by atoms with E-state index in [1.807, 2.05) is 54.6 Å². The predicted octanol–water partition coefficient (Wildman–Crippen LogP) is 2.60. The van der Waals surface area contributed by atoms with Gasteiger partial charge in [-0.2, -0.15) is 4.31 Å². The van der Waals surface area contributed by atoms with Gasteiger partial charge in [0.05, 0.1) is 6.26 Å². The van der Waals surface area contributed by atoms with E-state index in [0.717, 1.165) is 24.3 Å². The number of nitrogens with zero attached hydrogens (tertiary/aromatic N) is 1. The molecule has 3 rings (SSSR count). The first kappa shape index (κ1) is 17.0. The van der Waals surface area contributed by atoms with E-state index >= 15 is 0 Å². The van der Waals surface area contributed by atoms with Crippen molar-refractivity contribution in [3.05, 3.63) is 60.2 Å². The Bertz CT molecular complexity index is 772. The van der Waals surface area contributed by atoms with E-state index in [1.165, 1.54) is 6.26 Å². The van der Waals surface area contributed by atoms with E-state index in [-0.39, 0.29) is 6.04 Å². The minimum absolute atomic E-state index is 0.00946. The van der Waals surface area contributed by atoms with Crippen LogP contribution in [0.4, 0.5) is 0 Å². The van der Waals surface area contributed by atoms with Crippen LogP contribution in [0, 0.1) is 0 Å². The number of hydrogen-bond acceptors (Lipinski definition) is 4. The van der Waals surface area contributed by atoms with Crippen molar-refractivity contribution in [3.8, 4) is 11.5 Å². The van der Waals surface area contributed by atoms with Gasteiger partial charge in [0, 0.05) is 24.7 Å². The highest BCUT2D eigenvalue weighted by atomic mass is 32.2. The third-order valence-corrected chi connectivity index (χ3v) is 5.42. The summed E-state index contributed by atoms with van der Waals surface area (Å²) < 4.78 is 32.0. The average Bonchev–Trinajstić information content (AvgIpc) is 3.08. The zero-order chi connectivity index (χ0) is 17.0. The van der Waals surface area contributed by atoms with Crippen LogP contribution in [-0.4, -0.2) is 38.1 Å². The zero-order valence-corrected chi connectivity index (χ0v) is 14.5. The Hall–Kier alpha value is -1.89. The molecule has 0 saturated carbocycles. The molecule has 0 bridgehead atoms. The summed E-state index contributed by atoms with van der Waals surface area (Å²) in [6.45, 7) is 1.85. The van der Waals surface area contributed by atoms with Crippen molar-refractivity contribution in [2.24, 2.45) is 0 Å². The third-order valence-electron chi connectivity index (χ3n) is 4.14. The van der Waals surface area contributed by atoms with Gasteiger partial charge in [-0.1, -0.05) is 36.4 Å². The molecule has 2 aromatic carbocycles. The minimum Gasteiger partial charge on any atom is -0.457 e. The van der Waals surface area contributed by atoms with Gasteiger partial charge < -0.3 is 10.1 Å². The quantitative estimate of drug-likeness (QED) is 0.873. The van der Waals surface area contributed by atoms with Crippen LogP contribution in [0.2, 0.25) is 0 Å². The molecular formula is C18H22N2O3S. The molecule has 1 aliphatic rings. The summed E-state index contributed by atoms with van der Waals surface area (Å²) in [5.74, 6) is 1.42. The maximum atomic E-state index is 12.2. The molecule has 1 saturated heterocycles. The van der Waals surface area contributed by atoms with E-state index in [0.29, 0.717) is 18.8 Å². The Morgan fingerprint density at radius 2 is 1.83 bits per heavy atom. The summed E-state index contributed by atoms with van der Waals surface area (Å²) in [7, 11) is -3.30. The van der Waals surface area contributed by atoms with Gasteiger partial charge in [0.2, 0.25) is 10.0 Å². The predicted molar refractivity (Wildman–Crippen MR) is 94.6 cm³/mol. The number of hydrogen-bond donors (Lipinski definition) is 1. The maximum absolute atomic E-state index is 12.2. The molecule has 0 amide bonds. The van der Waals surface area contributed by atoms with Crippen LogP contribution in [0.15, 0.2) is 54.6 Å². The van der Waals surface area contributed by atoms with E-state index in [9.17, 15) is 8.42 Å². The average molecular weight is 346 g/mol. The van der Waals surface area contributed by atoms with Gasteiger partial charge in [0.1, 0.15) is 11.5 Å². The van der Waals surface area contributed by atoms with Crippen LogP contribution in [0.25, 0.3) is 0 Å². The zero-order valence-electron chi connectivity index (χ0n) is 13.7. The first-order chi connectivity index (χ1) is 11.5. The summed E-state index contributed by atoms with van der Waals surface area (Å²) >= 11 is 0. The van der Waals surface area contributed by atoms with Gasteiger partial charge in [0.15, 0.2) is 0 Å². The molecule has 5 nitrogen and oxygen atoms in total. The van der Waals surface area contributed by atoms with Gasteiger partial charge >= 0.3 is 0 Å². The monoisotopic (exact) mass is 346 g/mol. The van der Waals surface area contributed by atoms with E-state index in [2.05, 4.69) is 5.32 Å². The largest absolute Gasteiger partial charge is 0.457 e. The molecule has 1 N–H and O–H groups in total. The van der Waals surface area contributed by atoms with Crippen molar-refractivity contribution in [1.29, 1.82) is 0 Å². The van der Waals surface area contributed by atoms with Crippen molar-refractivity contribution >= 4 is 10.0 Å². The molecule has 1 atom stereocenters. The van der Waals surface area contributed by atoms with Crippen LogP contribution in [-0.2, 0) is 16.6 Å². The lowest BCUT2D eigenvalue weighted by Gasteiger charge is -2.26. The summed E-state index contributed by atoms with van der Waals surface area (Å²) in [5.41, 5.74) is 0.860. The van der Waals surface area contributed by atoms with Gasteiger partial charge in [-0.3, -0.25) is 0 Å². The molecule has 1 fully saturated rings. The molecule has 128 valence electrons. The van der Waals surface area contributed by atoms with Gasteiger partial charge in [0.25, 0.3) is 0 Å². The Kier molecular flexibility index (Phi) is 5.18.